The van der Waals surface area contributed by atoms with E-state index in [0.717, 1.165) is 6.29 Å². The number of ether oxygens (including phenoxy) is 1. The number of fused-ring (bicyclic) bond motifs is 1. The third-order valence-corrected chi connectivity index (χ3v) is 2.82. The van der Waals surface area contributed by atoms with Crippen LogP contribution in [0.4, 0.5) is 0 Å². The van der Waals surface area contributed by atoms with E-state index < -0.39 is 0 Å². The number of carbonyl (C=O) groups excluding carboxylic acids is 2. The van der Waals surface area contributed by atoms with Crippen molar-refractivity contribution in [3.63, 3.8) is 0 Å². The number of amides is 1. The van der Waals surface area contributed by atoms with Crippen molar-refractivity contribution >= 4 is 23.1 Å². The van der Waals surface area contributed by atoms with Crippen LogP contribution in [0.2, 0.25) is 0 Å². The van der Waals surface area contributed by atoms with Crippen molar-refractivity contribution in [2.24, 2.45) is 0 Å². The summed E-state index contributed by atoms with van der Waals surface area (Å²) in [5.41, 5.74) is 1.57. The molecule has 2 rings (SSSR count). The highest BCUT2D eigenvalue weighted by Crippen LogP contribution is 2.29. The molecule has 98 valence electrons. The van der Waals surface area contributed by atoms with Gasteiger partial charge in [-0.15, -0.1) is 0 Å². The number of rotatable bonds is 3. The average Bonchev–Trinajstić information content (AvgIpc) is 2.44. The number of methoxy groups -OCH3 is 1. The second-order valence-corrected chi connectivity index (χ2v) is 4.30. The van der Waals surface area contributed by atoms with E-state index in [1.165, 1.54) is 18.2 Å². The summed E-state index contributed by atoms with van der Waals surface area (Å²) in [7, 11) is 4.82. The molecule has 0 bridgehead atoms. The van der Waals surface area contributed by atoms with Crippen molar-refractivity contribution in [3.05, 3.63) is 35.5 Å². The lowest BCUT2D eigenvalue weighted by molar-refractivity contribution is 0.0824. The largest absolute Gasteiger partial charge is 0.495 e. The predicted molar refractivity (Wildman–Crippen MR) is 71.7 cm³/mol. The summed E-state index contributed by atoms with van der Waals surface area (Å²) < 4.78 is 5.33. The van der Waals surface area contributed by atoms with Crippen LogP contribution in [0, 0.1) is 0 Å². The lowest BCUT2D eigenvalue weighted by atomic mass is 10.1. The van der Waals surface area contributed by atoms with E-state index in [9.17, 15) is 9.59 Å². The van der Waals surface area contributed by atoms with Crippen molar-refractivity contribution in [1.29, 1.82) is 0 Å². The van der Waals surface area contributed by atoms with Crippen molar-refractivity contribution in [2.75, 3.05) is 21.2 Å². The van der Waals surface area contributed by atoms with Crippen LogP contribution in [0.1, 0.15) is 20.7 Å². The molecular weight excluding hydrogens is 244 g/mol. The smallest absolute Gasteiger partial charge is 0.258 e. The van der Waals surface area contributed by atoms with Crippen LogP contribution in [-0.4, -0.2) is 43.3 Å². The molecule has 0 aliphatic rings. The first-order chi connectivity index (χ1) is 9.08. The number of aldehydes is 1. The fourth-order valence-corrected chi connectivity index (χ4v) is 1.87. The molecule has 0 fully saturated rings. The molecule has 0 saturated heterocycles. The van der Waals surface area contributed by atoms with E-state index in [1.54, 1.807) is 32.3 Å². The van der Waals surface area contributed by atoms with Crippen LogP contribution >= 0.6 is 0 Å². The number of hydrogen-bond donors (Lipinski definition) is 0. The summed E-state index contributed by atoms with van der Waals surface area (Å²) in [6, 6.07) is 5.07. The Bertz CT molecular complexity index is 650. The Labute approximate surface area is 110 Å². The SMILES string of the molecule is COc1c(C(=O)N(C)C)cnc2ccc(C=O)cc12. The van der Waals surface area contributed by atoms with Crippen LogP contribution < -0.4 is 4.74 Å². The molecule has 0 atom stereocenters. The van der Waals surface area contributed by atoms with Gasteiger partial charge in [0.15, 0.2) is 0 Å². The molecular formula is C14H14N2O3. The van der Waals surface area contributed by atoms with Gasteiger partial charge in [-0.05, 0) is 18.2 Å². The molecule has 1 heterocycles. The number of nitrogens with zero attached hydrogens (tertiary/aromatic N) is 2. The normalized spacial score (nSPS) is 10.3. The highest BCUT2D eigenvalue weighted by Gasteiger charge is 2.17. The van der Waals surface area contributed by atoms with Crippen LogP contribution in [0.15, 0.2) is 24.4 Å². The van der Waals surface area contributed by atoms with E-state index in [-0.39, 0.29) is 5.91 Å². The zero-order valence-corrected chi connectivity index (χ0v) is 11.0. The Morgan fingerprint density at radius 3 is 2.68 bits per heavy atom. The molecule has 1 aromatic heterocycles. The second-order valence-electron chi connectivity index (χ2n) is 4.30. The Balaban J connectivity index is 2.74. The van der Waals surface area contributed by atoms with Crippen molar-refractivity contribution in [1.82, 2.24) is 9.88 Å². The highest BCUT2D eigenvalue weighted by molar-refractivity contribution is 6.03. The standard InChI is InChI=1S/C14H14N2O3/c1-16(2)14(18)11-7-15-12-5-4-9(8-17)6-10(12)13(11)19-3/h4-8H,1-3H3. The molecule has 0 aliphatic carbocycles. The maximum absolute atomic E-state index is 12.1. The van der Waals surface area contributed by atoms with Crippen molar-refractivity contribution in [3.8, 4) is 5.75 Å². The molecule has 0 saturated carbocycles. The minimum atomic E-state index is -0.192. The lowest BCUT2D eigenvalue weighted by Gasteiger charge is -2.14. The van der Waals surface area contributed by atoms with Crippen LogP contribution in [0.5, 0.6) is 5.75 Å². The summed E-state index contributed by atoms with van der Waals surface area (Å²) in [5, 5.41) is 0.653. The van der Waals surface area contributed by atoms with E-state index in [4.69, 9.17) is 4.74 Å². The molecule has 0 aliphatic heterocycles. The Morgan fingerprint density at radius 2 is 2.11 bits per heavy atom. The van der Waals surface area contributed by atoms with Crippen LogP contribution in [0.3, 0.4) is 0 Å². The molecule has 5 nitrogen and oxygen atoms in total. The van der Waals surface area contributed by atoms with Crippen molar-refractivity contribution in [2.45, 2.75) is 0 Å². The average molecular weight is 258 g/mol. The minimum absolute atomic E-state index is 0.192. The van der Waals surface area contributed by atoms with Gasteiger partial charge in [0.1, 0.15) is 17.6 Å². The monoisotopic (exact) mass is 258 g/mol. The quantitative estimate of drug-likeness (QED) is 0.787. The van der Waals surface area contributed by atoms with Gasteiger partial charge in [-0.1, -0.05) is 0 Å². The van der Waals surface area contributed by atoms with Gasteiger partial charge in [-0.25, -0.2) is 0 Å². The minimum Gasteiger partial charge on any atom is -0.495 e. The fourth-order valence-electron chi connectivity index (χ4n) is 1.87. The summed E-state index contributed by atoms with van der Waals surface area (Å²) in [6.45, 7) is 0. The zero-order chi connectivity index (χ0) is 14.0. The van der Waals surface area contributed by atoms with Gasteiger partial charge < -0.3 is 9.64 Å². The number of hydrogen-bond acceptors (Lipinski definition) is 4. The Hall–Kier alpha value is -2.43. The van der Waals surface area contributed by atoms with E-state index in [0.29, 0.717) is 27.8 Å². The van der Waals surface area contributed by atoms with Gasteiger partial charge in [-0.3, -0.25) is 14.6 Å². The second kappa shape index (κ2) is 5.06. The first-order valence-corrected chi connectivity index (χ1v) is 5.72. The Kier molecular flexibility index (Phi) is 3.46. The van der Waals surface area contributed by atoms with Crippen LogP contribution in [0.25, 0.3) is 10.9 Å². The number of pyridine rings is 1. The first kappa shape index (κ1) is 13.0. The van der Waals surface area contributed by atoms with Gasteiger partial charge in [0, 0.05) is 31.2 Å². The van der Waals surface area contributed by atoms with Gasteiger partial charge >= 0.3 is 0 Å². The van der Waals surface area contributed by atoms with Crippen LogP contribution in [-0.2, 0) is 0 Å². The number of aromatic nitrogens is 1. The molecule has 1 aromatic carbocycles. The van der Waals surface area contributed by atoms with E-state index in [2.05, 4.69) is 4.98 Å². The van der Waals surface area contributed by atoms with E-state index >= 15 is 0 Å². The van der Waals surface area contributed by atoms with Gasteiger partial charge in [0.25, 0.3) is 5.91 Å². The topological polar surface area (TPSA) is 59.5 Å². The molecule has 1 amide bonds. The van der Waals surface area contributed by atoms with Gasteiger partial charge in [0.05, 0.1) is 12.6 Å². The third-order valence-electron chi connectivity index (χ3n) is 2.82. The Morgan fingerprint density at radius 1 is 1.37 bits per heavy atom. The fraction of sp³-hybridized carbons (Fsp3) is 0.214. The zero-order valence-electron chi connectivity index (χ0n) is 11.0. The molecule has 19 heavy (non-hydrogen) atoms. The molecule has 2 aromatic rings. The lowest BCUT2D eigenvalue weighted by Crippen LogP contribution is -2.22. The summed E-state index contributed by atoms with van der Waals surface area (Å²) in [4.78, 5) is 28.6. The summed E-state index contributed by atoms with van der Waals surface area (Å²) >= 11 is 0. The molecule has 0 N–H and O–H groups in total. The highest BCUT2D eigenvalue weighted by atomic mass is 16.5. The molecule has 5 heteroatoms. The van der Waals surface area contributed by atoms with E-state index in [1.807, 2.05) is 0 Å². The predicted octanol–water partition coefficient (Wildman–Crippen LogP) is 1.76. The van der Waals surface area contributed by atoms with Gasteiger partial charge in [-0.2, -0.15) is 0 Å². The summed E-state index contributed by atoms with van der Waals surface area (Å²) in [6.07, 6.45) is 2.24. The third kappa shape index (κ3) is 2.27. The number of carbonyl (C=O) groups is 2. The van der Waals surface area contributed by atoms with Gasteiger partial charge in [0.2, 0.25) is 0 Å². The number of benzene rings is 1. The van der Waals surface area contributed by atoms with Crippen molar-refractivity contribution < 1.29 is 14.3 Å². The molecule has 0 unspecified atom stereocenters. The molecule has 0 spiro atoms. The summed E-state index contributed by atoms with van der Waals surface area (Å²) in [5.74, 6) is 0.246. The first-order valence-electron chi connectivity index (χ1n) is 5.72. The molecule has 0 radical (unpaired) electrons. The maximum atomic E-state index is 12.1. The maximum Gasteiger partial charge on any atom is 0.258 e.